The molecule has 4 aromatic rings. The number of carbonyl (C=O) groups excluding carboxylic acids is 1. The van der Waals surface area contributed by atoms with Gasteiger partial charge in [-0.25, -0.2) is 0 Å². The summed E-state index contributed by atoms with van der Waals surface area (Å²) in [5.74, 6) is 0.558. The summed E-state index contributed by atoms with van der Waals surface area (Å²) < 4.78 is 3.86. The molecule has 6 nitrogen and oxygen atoms in total. The average Bonchev–Trinajstić information content (AvgIpc) is 3.30. The van der Waals surface area contributed by atoms with Gasteiger partial charge in [-0.3, -0.25) is 9.20 Å². The monoisotopic (exact) mass is 331 g/mol. The largest absolute Gasteiger partial charge is 0.345 e. The van der Waals surface area contributed by atoms with E-state index in [-0.39, 0.29) is 5.91 Å². The first kappa shape index (κ1) is 15.1. The van der Waals surface area contributed by atoms with Crippen LogP contribution >= 0.6 is 0 Å². The minimum atomic E-state index is -0.138. The van der Waals surface area contributed by atoms with Crippen LogP contribution in [0.25, 0.3) is 11.3 Å². The van der Waals surface area contributed by atoms with E-state index in [1.54, 1.807) is 0 Å². The number of pyridine rings is 1. The third kappa shape index (κ3) is 2.89. The summed E-state index contributed by atoms with van der Waals surface area (Å²) in [4.78, 5) is 12.5. The number of rotatable bonds is 4. The molecule has 1 aromatic carbocycles. The minimum Gasteiger partial charge on any atom is -0.345 e. The van der Waals surface area contributed by atoms with Gasteiger partial charge in [0.2, 0.25) is 0 Å². The van der Waals surface area contributed by atoms with Crippen molar-refractivity contribution in [3.8, 4) is 5.69 Å². The van der Waals surface area contributed by atoms with Crippen molar-refractivity contribution < 1.29 is 4.79 Å². The standard InChI is InChI=1S/C19H17N5O/c1-14-7-8-15(12-16(14)23-9-4-5-10-23)19(25)20-13-18-22-21-17-6-2-3-11-24(17)18/h2-12H,13H2,1H3,(H,20,25). The molecule has 4 rings (SSSR count). The Balaban J connectivity index is 1.54. The molecule has 25 heavy (non-hydrogen) atoms. The molecule has 0 fully saturated rings. The number of hydrogen-bond acceptors (Lipinski definition) is 3. The van der Waals surface area contributed by atoms with Crippen molar-refractivity contribution in [2.45, 2.75) is 13.5 Å². The van der Waals surface area contributed by atoms with Crippen molar-refractivity contribution in [1.82, 2.24) is 24.5 Å². The number of amides is 1. The first-order valence-corrected chi connectivity index (χ1v) is 8.03. The van der Waals surface area contributed by atoms with Crippen molar-refractivity contribution in [2.24, 2.45) is 0 Å². The first-order chi connectivity index (χ1) is 12.2. The Labute approximate surface area is 144 Å². The lowest BCUT2D eigenvalue weighted by Gasteiger charge is -2.10. The minimum absolute atomic E-state index is 0.138. The second kappa shape index (κ2) is 6.24. The van der Waals surface area contributed by atoms with E-state index in [1.807, 2.05) is 83.0 Å². The summed E-state index contributed by atoms with van der Waals surface area (Å²) in [6.45, 7) is 2.34. The molecule has 124 valence electrons. The summed E-state index contributed by atoms with van der Waals surface area (Å²) in [6.07, 6.45) is 5.81. The summed E-state index contributed by atoms with van der Waals surface area (Å²) in [7, 11) is 0. The van der Waals surface area contributed by atoms with Gasteiger partial charge < -0.3 is 9.88 Å². The fourth-order valence-corrected chi connectivity index (χ4v) is 2.80. The van der Waals surface area contributed by atoms with E-state index in [0.29, 0.717) is 17.9 Å². The van der Waals surface area contributed by atoms with Gasteiger partial charge in [-0.15, -0.1) is 10.2 Å². The van der Waals surface area contributed by atoms with Gasteiger partial charge in [-0.1, -0.05) is 12.1 Å². The van der Waals surface area contributed by atoms with Crippen molar-refractivity contribution >= 4 is 11.6 Å². The topological polar surface area (TPSA) is 64.2 Å². The predicted octanol–water partition coefficient (Wildman–Crippen LogP) is 2.76. The number of benzene rings is 1. The number of fused-ring (bicyclic) bond motifs is 1. The maximum atomic E-state index is 12.5. The van der Waals surface area contributed by atoms with E-state index < -0.39 is 0 Å². The van der Waals surface area contributed by atoms with Gasteiger partial charge in [0.15, 0.2) is 11.5 Å². The zero-order valence-corrected chi connectivity index (χ0v) is 13.8. The lowest BCUT2D eigenvalue weighted by atomic mass is 10.1. The van der Waals surface area contributed by atoms with Crippen LogP contribution in [0.2, 0.25) is 0 Å². The molecule has 6 heteroatoms. The Hall–Kier alpha value is -3.41. The quantitative estimate of drug-likeness (QED) is 0.625. The molecule has 3 heterocycles. The maximum absolute atomic E-state index is 12.5. The smallest absolute Gasteiger partial charge is 0.251 e. The lowest BCUT2D eigenvalue weighted by Crippen LogP contribution is -2.24. The van der Waals surface area contributed by atoms with Gasteiger partial charge >= 0.3 is 0 Å². The van der Waals surface area contributed by atoms with Crippen molar-refractivity contribution in [2.75, 3.05) is 0 Å². The normalized spacial score (nSPS) is 10.9. The second-order valence-corrected chi connectivity index (χ2v) is 5.82. The molecule has 0 atom stereocenters. The Bertz CT molecular complexity index is 1030. The van der Waals surface area contributed by atoms with E-state index in [1.165, 1.54) is 0 Å². The molecule has 0 aliphatic heterocycles. The Morgan fingerprint density at radius 2 is 1.84 bits per heavy atom. The highest BCUT2D eigenvalue weighted by Gasteiger charge is 2.11. The van der Waals surface area contributed by atoms with E-state index in [2.05, 4.69) is 15.5 Å². The molecule has 0 spiro atoms. The van der Waals surface area contributed by atoms with Gasteiger partial charge in [0.1, 0.15) is 0 Å². The number of carbonyl (C=O) groups is 1. The van der Waals surface area contributed by atoms with Gasteiger partial charge in [-0.2, -0.15) is 0 Å². The van der Waals surface area contributed by atoms with Crippen LogP contribution in [0.3, 0.4) is 0 Å². The highest BCUT2D eigenvalue weighted by Crippen LogP contribution is 2.16. The van der Waals surface area contributed by atoms with E-state index in [4.69, 9.17) is 0 Å². The average molecular weight is 331 g/mol. The zero-order chi connectivity index (χ0) is 17.2. The Morgan fingerprint density at radius 1 is 1.04 bits per heavy atom. The predicted molar refractivity (Wildman–Crippen MR) is 94.7 cm³/mol. The zero-order valence-electron chi connectivity index (χ0n) is 13.8. The molecule has 1 amide bonds. The number of aromatic nitrogens is 4. The number of aryl methyl sites for hydroxylation is 1. The Morgan fingerprint density at radius 3 is 2.68 bits per heavy atom. The van der Waals surface area contributed by atoms with Crippen LogP contribution in [0.4, 0.5) is 0 Å². The number of nitrogens with zero attached hydrogens (tertiary/aromatic N) is 4. The maximum Gasteiger partial charge on any atom is 0.251 e. The van der Waals surface area contributed by atoms with Crippen molar-refractivity contribution in [1.29, 1.82) is 0 Å². The molecular weight excluding hydrogens is 314 g/mol. The summed E-state index contributed by atoms with van der Waals surface area (Å²) in [6, 6.07) is 15.3. The molecule has 3 aromatic heterocycles. The van der Waals surface area contributed by atoms with Crippen LogP contribution in [0.5, 0.6) is 0 Å². The van der Waals surface area contributed by atoms with Crippen molar-refractivity contribution in [3.05, 3.63) is 84.1 Å². The van der Waals surface area contributed by atoms with Crippen LogP contribution in [0.1, 0.15) is 21.7 Å². The number of hydrogen-bond donors (Lipinski definition) is 1. The molecule has 0 aliphatic carbocycles. The van der Waals surface area contributed by atoms with E-state index >= 15 is 0 Å². The van der Waals surface area contributed by atoms with Gasteiger partial charge in [0.05, 0.1) is 6.54 Å². The second-order valence-electron chi connectivity index (χ2n) is 5.82. The summed E-state index contributed by atoms with van der Waals surface area (Å²) in [5.41, 5.74) is 3.47. The molecule has 0 saturated heterocycles. The van der Waals surface area contributed by atoms with E-state index in [0.717, 1.165) is 16.9 Å². The highest BCUT2D eigenvalue weighted by atomic mass is 16.1. The highest BCUT2D eigenvalue weighted by molar-refractivity contribution is 5.94. The molecule has 0 saturated carbocycles. The Kier molecular flexibility index (Phi) is 3.78. The van der Waals surface area contributed by atoms with Crippen molar-refractivity contribution in [3.63, 3.8) is 0 Å². The summed E-state index contributed by atoms with van der Waals surface area (Å²) in [5, 5.41) is 11.1. The van der Waals surface area contributed by atoms with Crippen LogP contribution in [0.15, 0.2) is 67.1 Å². The molecule has 0 aliphatic rings. The van der Waals surface area contributed by atoms with Crippen LogP contribution < -0.4 is 5.32 Å². The SMILES string of the molecule is Cc1ccc(C(=O)NCc2nnc3ccccn23)cc1-n1cccc1. The lowest BCUT2D eigenvalue weighted by molar-refractivity contribution is 0.0949. The third-order valence-corrected chi connectivity index (χ3v) is 4.15. The van der Waals surface area contributed by atoms with Crippen LogP contribution in [0, 0.1) is 6.92 Å². The van der Waals surface area contributed by atoms with Crippen LogP contribution in [-0.2, 0) is 6.54 Å². The molecule has 0 unspecified atom stereocenters. The number of nitrogens with one attached hydrogen (secondary N) is 1. The molecule has 1 N–H and O–H groups in total. The summed E-state index contributed by atoms with van der Waals surface area (Å²) >= 11 is 0. The fourth-order valence-electron chi connectivity index (χ4n) is 2.80. The fraction of sp³-hybridized carbons (Fsp3) is 0.105. The molecule has 0 radical (unpaired) electrons. The molecular formula is C19H17N5O. The van der Waals surface area contributed by atoms with Gasteiger partial charge in [0, 0.05) is 29.8 Å². The third-order valence-electron chi connectivity index (χ3n) is 4.15. The first-order valence-electron chi connectivity index (χ1n) is 8.03. The van der Waals surface area contributed by atoms with Gasteiger partial charge in [-0.05, 0) is 48.9 Å². The van der Waals surface area contributed by atoms with Crippen LogP contribution in [-0.4, -0.2) is 25.1 Å². The van der Waals surface area contributed by atoms with E-state index in [9.17, 15) is 4.79 Å². The van der Waals surface area contributed by atoms with Gasteiger partial charge in [0.25, 0.3) is 5.91 Å². The molecule has 0 bridgehead atoms.